The number of hydrogen-bond donors (Lipinski definition) is 0. The lowest BCUT2D eigenvalue weighted by Gasteiger charge is -2.23. The lowest BCUT2D eigenvalue weighted by atomic mass is 9.97. The molecular weight excluding hydrogens is 512 g/mol. The van der Waals surface area contributed by atoms with Gasteiger partial charge in [0.25, 0.3) is 0 Å². The van der Waals surface area contributed by atoms with Crippen LogP contribution in [0.1, 0.15) is 25.0 Å². The molecule has 8 heteroatoms. The molecule has 0 radical (unpaired) electrons. The second-order valence-electron chi connectivity index (χ2n) is 9.49. The van der Waals surface area contributed by atoms with Crippen LogP contribution in [0, 0.1) is 13.8 Å². The Labute approximate surface area is 235 Å². The summed E-state index contributed by atoms with van der Waals surface area (Å²) in [5.74, 6) is 0.459. The Morgan fingerprint density at radius 1 is 0.675 bits per heavy atom. The molecule has 0 aliphatic heterocycles. The molecule has 214 valence electrons. The van der Waals surface area contributed by atoms with Gasteiger partial charge in [0, 0.05) is 35.4 Å². The minimum absolute atomic E-state index is 0.0954. The third-order valence-electron chi connectivity index (χ3n) is 5.90. The molecule has 0 bridgehead atoms. The Morgan fingerprint density at radius 3 is 1.43 bits per heavy atom. The Kier molecular flexibility index (Phi) is 11.5. The van der Waals surface area contributed by atoms with Crippen molar-refractivity contribution in [2.45, 2.75) is 39.9 Å². The van der Waals surface area contributed by atoms with Crippen molar-refractivity contribution in [2.75, 3.05) is 39.6 Å². The number of fused-ring (bicyclic) bond motifs is 2. The molecule has 3 aromatic rings. The highest BCUT2D eigenvalue weighted by molar-refractivity contribution is 6.11. The van der Waals surface area contributed by atoms with Gasteiger partial charge in [-0.15, -0.1) is 13.2 Å². The predicted molar refractivity (Wildman–Crippen MR) is 155 cm³/mol. The summed E-state index contributed by atoms with van der Waals surface area (Å²) in [6.45, 7) is 15.2. The van der Waals surface area contributed by atoms with Crippen molar-refractivity contribution < 1.29 is 38.0 Å². The highest BCUT2D eigenvalue weighted by atomic mass is 16.6. The summed E-state index contributed by atoms with van der Waals surface area (Å²) in [7, 11) is 0. The highest BCUT2D eigenvalue weighted by Crippen LogP contribution is 2.43. The van der Waals surface area contributed by atoms with E-state index in [9.17, 15) is 9.59 Å². The first-order chi connectivity index (χ1) is 19.2. The van der Waals surface area contributed by atoms with Gasteiger partial charge in [0.15, 0.2) is 12.2 Å². The van der Waals surface area contributed by atoms with Gasteiger partial charge in [-0.25, -0.2) is 0 Å². The normalized spacial score (nSPS) is 12.5. The molecule has 0 heterocycles. The van der Waals surface area contributed by atoms with Crippen LogP contribution in [0.4, 0.5) is 0 Å². The Balaban J connectivity index is 2.03. The SMILES string of the molecule is C=CCOCC(COc1c2ccc(C)cc2c(OCC(COCC=C)OC(C)=O)c2ccc(C)cc12)OC(C)=O. The third kappa shape index (κ3) is 8.56. The second kappa shape index (κ2) is 15.1. The van der Waals surface area contributed by atoms with E-state index in [0.29, 0.717) is 24.7 Å². The zero-order valence-electron chi connectivity index (χ0n) is 23.7. The molecule has 0 N–H and O–H groups in total. The van der Waals surface area contributed by atoms with Crippen molar-refractivity contribution in [1.29, 1.82) is 0 Å². The van der Waals surface area contributed by atoms with E-state index in [1.165, 1.54) is 13.8 Å². The standard InChI is InChI=1S/C32H38O8/c1-7-13-35-17-25(39-23(5)33)19-37-31-27-11-9-22(4)16-30(27)32(28-12-10-21(3)15-29(28)31)38-20-26(40-24(6)34)18-36-14-8-2/h7-12,15-16,25-26H,1-2,13-14,17-20H2,3-6H3. The maximum atomic E-state index is 11.7. The van der Waals surface area contributed by atoms with E-state index in [4.69, 9.17) is 28.4 Å². The fraction of sp³-hybridized carbons (Fsp3) is 0.375. The minimum Gasteiger partial charge on any atom is -0.488 e. The van der Waals surface area contributed by atoms with E-state index in [1.807, 2.05) is 50.2 Å². The second-order valence-corrected chi connectivity index (χ2v) is 9.49. The van der Waals surface area contributed by atoms with Gasteiger partial charge in [-0.3, -0.25) is 9.59 Å². The first-order valence-corrected chi connectivity index (χ1v) is 13.2. The number of rotatable bonds is 16. The van der Waals surface area contributed by atoms with Crippen LogP contribution in [0.25, 0.3) is 21.5 Å². The van der Waals surface area contributed by atoms with Gasteiger partial charge in [-0.1, -0.05) is 47.5 Å². The molecule has 40 heavy (non-hydrogen) atoms. The lowest BCUT2D eigenvalue weighted by Crippen LogP contribution is -2.29. The van der Waals surface area contributed by atoms with Crippen LogP contribution in [-0.4, -0.2) is 63.8 Å². The van der Waals surface area contributed by atoms with Gasteiger partial charge >= 0.3 is 11.9 Å². The highest BCUT2D eigenvalue weighted by Gasteiger charge is 2.21. The van der Waals surface area contributed by atoms with Crippen LogP contribution in [0.5, 0.6) is 11.5 Å². The summed E-state index contributed by atoms with van der Waals surface area (Å²) >= 11 is 0. The molecule has 0 saturated carbocycles. The monoisotopic (exact) mass is 550 g/mol. The van der Waals surface area contributed by atoms with Crippen LogP contribution in [0.2, 0.25) is 0 Å². The molecule has 0 amide bonds. The van der Waals surface area contributed by atoms with Crippen molar-refractivity contribution in [3.05, 3.63) is 72.8 Å². The topological polar surface area (TPSA) is 89.5 Å². The van der Waals surface area contributed by atoms with Gasteiger partial charge in [0.1, 0.15) is 24.7 Å². The molecule has 0 aliphatic carbocycles. The number of aryl methyl sites for hydroxylation is 2. The van der Waals surface area contributed by atoms with Crippen molar-refractivity contribution in [2.24, 2.45) is 0 Å². The Morgan fingerprint density at radius 2 is 1.07 bits per heavy atom. The maximum Gasteiger partial charge on any atom is 0.303 e. The first kappa shape index (κ1) is 30.7. The molecule has 0 fully saturated rings. The average Bonchev–Trinajstić information content (AvgIpc) is 2.89. The van der Waals surface area contributed by atoms with Crippen molar-refractivity contribution >= 4 is 33.5 Å². The van der Waals surface area contributed by atoms with E-state index in [0.717, 1.165) is 32.7 Å². The van der Waals surface area contributed by atoms with Gasteiger partial charge in [0.2, 0.25) is 0 Å². The van der Waals surface area contributed by atoms with E-state index < -0.39 is 24.1 Å². The molecule has 8 nitrogen and oxygen atoms in total. The van der Waals surface area contributed by atoms with E-state index >= 15 is 0 Å². The molecule has 2 atom stereocenters. The minimum atomic E-state index is -0.603. The van der Waals surface area contributed by atoms with Gasteiger partial charge in [-0.2, -0.15) is 0 Å². The molecule has 2 unspecified atom stereocenters. The third-order valence-corrected chi connectivity index (χ3v) is 5.90. The summed E-state index contributed by atoms with van der Waals surface area (Å²) in [6, 6.07) is 12.0. The van der Waals surface area contributed by atoms with Crippen LogP contribution < -0.4 is 9.47 Å². The van der Waals surface area contributed by atoms with Crippen molar-refractivity contribution in [3.8, 4) is 11.5 Å². The summed E-state index contributed by atoms with van der Waals surface area (Å²) in [4.78, 5) is 23.4. The van der Waals surface area contributed by atoms with E-state index in [1.54, 1.807) is 12.2 Å². The van der Waals surface area contributed by atoms with Crippen LogP contribution in [0.15, 0.2) is 61.7 Å². The Hall–Kier alpha value is -3.88. The molecule has 0 saturated heterocycles. The summed E-state index contributed by atoms with van der Waals surface area (Å²) in [6.07, 6.45) is 2.06. The van der Waals surface area contributed by atoms with Gasteiger partial charge < -0.3 is 28.4 Å². The van der Waals surface area contributed by atoms with Gasteiger partial charge in [0.05, 0.1) is 26.4 Å². The molecule has 0 aliphatic rings. The van der Waals surface area contributed by atoms with Crippen molar-refractivity contribution in [1.82, 2.24) is 0 Å². The molecule has 0 spiro atoms. The fourth-order valence-electron chi connectivity index (χ4n) is 4.31. The number of esters is 2. The lowest BCUT2D eigenvalue weighted by molar-refractivity contribution is -0.151. The van der Waals surface area contributed by atoms with E-state index in [2.05, 4.69) is 13.2 Å². The van der Waals surface area contributed by atoms with Crippen LogP contribution >= 0.6 is 0 Å². The zero-order chi connectivity index (χ0) is 29.1. The molecule has 0 aromatic heterocycles. The first-order valence-electron chi connectivity index (χ1n) is 13.2. The van der Waals surface area contributed by atoms with Crippen molar-refractivity contribution in [3.63, 3.8) is 0 Å². The Bertz CT molecular complexity index is 1240. The fourth-order valence-corrected chi connectivity index (χ4v) is 4.31. The molecule has 3 aromatic carbocycles. The number of carbonyl (C=O) groups is 2. The number of hydrogen-bond acceptors (Lipinski definition) is 8. The average molecular weight is 551 g/mol. The molecule has 3 rings (SSSR count). The van der Waals surface area contributed by atoms with Gasteiger partial charge in [-0.05, 0) is 26.0 Å². The van der Waals surface area contributed by atoms with Crippen LogP contribution in [-0.2, 0) is 28.5 Å². The maximum absolute atomic E-state index is 11.7. The number of benzene rings is 3. The quantitative estimate of drug-likeness (QED) is 0.0981. The summed E-state index contributed by atoms with van der Waals surface area (Å²) < 4.78 is 34.7. The van der Waals surface area contributed by atoms with Crippen LogP contribution in [0.3, 0.4) is 0 Å². The number of ether oxygens (including phenoxy) is 6. The smallest absolute Gasteiger partial charge is 0.303 e. The summed E-state index contributed by atoms with van der Waals surface area (Å²) in [5, 5.41) is 3.34. The predicted octanol–water partition coefficient (Wildman–Crippen LogP) is 5.64. The summed E-state index contributed by atoms with van der Waals surface area (Å²) in [5.41, 5.74) is 2.08. The van der Waals surface area contributed by atoms with E-state index in [-0.39, 0.29) is 26.4 Å². The zero-order valence-corrected chi connectivity index (χ0v) is 23.7. The largest absolute Gasteiger partial charge is 0.488 e. The number of carbonyl (C=O) groups excluding carboxylic acids is 2. The molecular formula is C32H38O8.